The van der Waals surface area contributed by atoms with Gasteiger partial charge >= 0.3 is 11.9 Å². The number of hydrogen-bond donors (Lipinski definition) is 3. The van der Waals surface area contributed by atoms with Crippen LogP contribution in [0.4, 0.5) is 5.69 Å². The van der Waals surface area contributed by atoms with Gasteiger partial charge in [0.2, 0.25) is 5.91 Å². The molecule has 0 bridgehead atoms. The number of nitrogens with one attached hydrogen (secondary N) is 1. The molecule has 0 aromatic heterocycles. The molecule has 10 heteroatoms. The van der Waals surface area contributed by atoms with Crippen molar-refractivity contribution >= 4 is 63.8 Å². The number of anilines is 1. The average Bonchev–Trinajstić information content (AvgIpc) is 3.01. The number of carbonyl (C=O) groups excluding carboxylic acids is 2. The van der Waals surface area contributed by atoms with Crippen molar-refractivity contribution in [3.05, 3.63) is 82.3 Å². The number of carboxylic acid groups (broad SMARTS) is 2. The van der Waals surface area contributed by atoms with E-state index in [-0.39, 0.29) is 21.1 Å². The van der Waals surface area contributed by atoms with Gasteiger partial charge in [-0.05, 0) is 29.8 Å². The van der Waals surface area contributed by atoms with Crippen molar-refractivity contribution in [2.75, 3.05) is 11.9 Å². The zero-order valence-electron chi connectivity index (χ0n) is 16.3. The quantitative estimate of drug-likeness (QED) is 0.417. The lowest BCUT2D eigenvalue weighted by Gasteiger charge is -2.14. The van der Waals surface area contributed by atoms with Crippen molar-refractivity contribution < 1.29 is 29.4 Å². The van der Waals surface area contributed by atoms with E-state index in [1.54, 1.807) is 12.2 Å². The molecule has 3 rings (SSSR count). The van der Waals surface area contributed by atoms with Gasteiger partial charge in [-0.25, -0.2) is 9.59 Å². The Balaban J connectivity index is 1.69. The number of benzene rings is 2. The number of thioether (sulfide) groups is 1. The number of carbonyl (C=O) groups is 4. The van der Waals surface area contributed by atoms with Crippen LogP contribution < -0.4 is 5.32 Å². The molecule has 1 aliphatic heterocycles. The largest absolute Gasteiger partial charge is 0.478 e. The third-order valence-electron chi connectivity index (χ3n) is 4.22. The molecule has 1 aliphatic rings. The van der Waals surface area contributed by atoms with Gasteiger partial charge in [-0.2, -0.15) is 0 Å². The Morgan fingerprint density at radius 3 is 2.25 bits per heavy atom. The van der Waals surface area contributed by atoms with E-state index in [4.69, 9.17) is 22.4 Å². The summed E-state index contributed by atoms with van der Waals surface area (Å²) in [5.41, 5.74) is 0.361. The first kappa shape index (κ1) is 22.9. The molecule has 1 saturated heterocycles. The molecule has 1 heterocycles. The molecule has 2 aromatic rings. The Morgan fingerprint density at radius 1 is 1.03 bits per heavy atom. The number of allylic oxidation sites excluding steroid dienone is 2. The van der Waals surface area contributed by atoms with Gasteiger partial charge in [0.1, 0.15) is 10.9 Å². The lowest BCUT2D eigenvalue weighted by molar-refractivity contribution is -0.126. The summed E-state index contributed by atoms with van der Waals surface area (Å²) in [6.07, 6.45) is 5.15. The van der Waals surface area contributed by atoms with Crippen molar-refractivity contribution in [1.82, 2.24) is 4.90 Å². The highest BCUT2D eigenvalue weighted by Crippen LogP contribution is 2.31. The molecule has 162 valence electrons. The fraction of sp³-hybridized carbons (Fsp3) is 0.0455. The zero-order chi connectivity index (χ0) is 23.3. The summed E-state index contributed by atoms with van der Waals surface area (Å²) in [6, 6.07) is 12.7. The minimum atomic E-state index is -1.34. The minimum Gasteiger partial charge on any atom is -0.478 e. The van der Waals surface area contributed by atoms with Gasteiger partial charge in [0, 0.05) is 5.69 Å². The van der Waals surface area contributed by atoms with Crippen LogP contribution in [0.25, 0.3) is 6.08 Å². The van der Waals surface area contributed by atoms with Crippen LogP contribution in [-0.4, -0.2) is 49.7 Å². The third-order valence-corrected chi connectivity index (χ3v) is 5.62. The second kappa shape index (κ2) is 10.0. The number of carboxylic acids is 2. The number of amides is 2. The van der Waals surface area contributed by atoms with Gasteiger partial charge in [0.05, 0.1) is 16.0 Å². The number of rotatable bonds is 7. The highest BCUT2D eigenvalue weighted by molar-refractivity contribution is 8.26. The number of thiocarbonyl (C=S) groups is 1. The topological polar surface area (TPSA) is 124 Å². The first-order valence-corrected chi connectivity index (χ1v) is 10.4. The van der Waals surface area contributed by atoms with E-state index in [0.29, 0.717) is 4.91 Å². The molecular formula is C22H16N2O6S2. The smallest absolute Gasteiger partial charge is 0.335 e. The van der Waals surface area contributed by atoms with Gasteiger partial charge in [-0.15, -0.1) is 0 Å². The van der Waals surface area contributed by atoms with Crippen molar-refractivity contribution in [2.24, 2.45) is 0 Å². The summed E-state index contributed by atoms with van der Waals surface area (Å²) in [4.78, 5) is 48.9. The Bertz CT molecular complexity index is 1140. The van der Waals surface area contributed by atoms with E-state index in [1.807, 2.05) is 36.4 Å². The van der Waals surface area contributed by atoms with Crippen LogP contribution in [0.1, 0.15) is 26.3 Å². The Kier molecular flexibility index (Phi) is 7.18. The maximum Gasteiger partial charge on any atom is 0.335 e. The summed E-state index contributed by atoms with van der Waals surface area (Å²) >= 11 is 6.26. The molecule has 3 N–H and O–H groups in total. The van der Waals surface area contributed by atoms with E-state index >= 15 is 0 Å². The molecule has 0 spiro atoms. The first-order chi connectivity index (χ1) is 15.2. The summed E-state index contributed by atoms with van der Waals surface area (Å²) in [5.74, 6) is -3.76. The SMILES string of the molecule is O=C(CN1C(=O)/C(=C/C=C/c2ccccc2)SC1=S)Nc1cc(C(=O)O)cc(C(=O)O)c1. The van der Waals surface area contributed by atoms with Crippen molar-refractivity contribution in [2.45, 2.75) is 0 Å². The van der Waals surface area contributed by atoms with Crippen molar-refractivity contribution in [3.8, 4) is 0 Å². The molecule has 2 aromatic carbocycles. The van der Waals surface area contributed by atoms with Crippen LogP contribution in [0.5, 0.6) is 0 Å². The monoisotopic (exact) mass is 468 g/mol. The predicted molar refractivity (Wildman–Crippen MR) is 124 cm³/mol. The van der Waals surface area contributed by atoms with E-state index < -0.39 is 30.3 Å². The molecule has 1 fully saturated rings. The number of nitrogens with zero attached hydrogens (tertiary/aromatic N) is 1. The van der Waals surface area contributed by atoms with Crippen LogP contribution in [0.15, 0.2) is 65.6 Å². The maximum atomic E-state index is 12.6. The first-order valence-electron chi connectivity index (χ1n) is 9.13. The second-order valence-electron chi connectivity index (χ2n) is 6.52. The highest BCUT2D eigenvalue weighted by Gasteiger charge is 2.33. The fourth-order valence-corrected chi connectivity index (χ4v) is 3.96. The van der Waals surface area contributed by atoms with Crippen LogP contribution in [0.2, 0.25) is 0 Å². The molecule has 8 nitrogen and oxygen atoms in total. The van der Waals surface area contributed by atoms with Crippen molar-refractivity contribution in [1.29, 1.82) is 0 Å². The molecule has 0 saturated carbocycles. The van der Waals surface area contributed by atoms with Gasteiger partial charge < -0.3 is 15.5 Å². The highest BCUT2D eigenvalue weighted by atomic mass is 32.2. The second-order valence-corrected chi connectivity index (χ2v) is 8.19. The van der Waals surface area contributed by atoms with Gasteiger partial charge in [-0.3, -0.25) is 14.5 Å². The summed E-state index contributed by atoms with van der Waals surface area (Å²) in [7, 11) is 0. The molecule has 0 radical (unpaired) electrons. The Labute approximate surface area is 192 Å². The lowest BCUT2D eigenvalue weighted by Crippen LogP contribution is -2.36. The summed E-state index contributed by atoms with van der Waals surface area (Å²) in [6.45, 7) is -0.399. The maximum absolute atomic E-state index is 12.6. The number of aromatic carboxylic acids is 2. The van der Waals surface area contributed by atoms with Crippen LogP contribution in [-0.2, 0) is 9.59 Å². The van der Waals surface area contributed by atoms with Crippen LogP contribution in [0.3, 0.4) is 0 Å². The molecule has 0 aliphatic carbocycles. The average molecular weight is 469 g/mol. The van der Waals surface area contributed by atoms with E-state index in [0.717, 1.165) is 40.4 Å². The third kappa shape index (κ3) is 5.68. The molecule has 32 heavy (non-hydrogen) atoms. The van der Waals surface area contributed by atoms with Crippen LogP contribution in [0, 0.1) is 0 Å². The van der Waals surface area contributed by atoms with E-state index in [9.17, 15) is 19.2 Å². The summed E-state index contributed by atoms with van der Waals surface area (Å²) in [5, 5.41) is 20.7. The standard InChI is InChI=1S/C22H16N2O6S2/c25-18(23-16-10-14(20(27)28)9-15(11-16)21(29)30)12-24-19(26)17(32-22(24)31)8-4-7-13-5-2-1-3-6-13/h1-11H,12H2,(H,23,25)(H,27,28)(H,29,30)/b7-4+,17-8-. The minimum absolute atomic E-state index is 0.0147. The van der Waals surface area contributed by atoms with E-state index in [1.165, 1.54) is 0 Å². The predicted octanol–water partition coefficient (Wildman–Crippen LogP) is 3.48. The van der Waals surface area contributed by atoms with Crippen molar-refractivity contribution in [3.63, 3.8) is 0 Å². The number of hydrogen-bond acceptors (Lipinski definition) is 6. The summed E-state index contributed by atoms with van der Waals surface area (Å²) < 4.78 is 0.204. The van der Waals surface area contributed by atoms with Gasteiger partial charge in [-0.1, -0.05) is 66.5 Å². The van der Waals surface area contributed by atoms with Gasteiger partial charge in [0.15, 0.2) is 0 Å². The molecule has 0 atom stereocenters. The fourth-order valence-electron chi connectivity index (χ4n) is 2.75. The van der Waals surface area contributed by atoms with E-state index in [2.05, 4.69) is 5.32 Å². The zero-order valence-corrected chi connectivity index (χ0v) is 18.0. The van der Waals surface area contributed by atoms with Gasteiger partial charge in [0.25, 0.3) is 5.91 Å². The van der Waals surface area contributed by atoms with Crippen LogP contribution >= 0.6 is 24.0 Å². The molecule has 0 unspecified atom stereocenters. The molecular weight excluding hydrogens is 452 g/mol. The Hall–Kier alpha value is -3.76. The Morgan fingerprint density at radius 2 is 1.66 bits per heavy atom. The normalized spacial score (nSPS) is 14.9. The molecule has 2 amide bonds. The lowest BCUT2D eigenvalue weighted by atomic mass is 10.1.